The summed E-state index contributed by atoms with van der Waals surface area (Å²) in [6, 6.07) is 0. The molecule has 2 aromatic rings. The summed E-state index contributed by atoms with van der Waals surface area (Å²) < 4.78 is 43.0. The molecule has 19 heavy (non-hydrogen) atoms. The summed E-state index contributed by atoms with van der Waals surface area (Å²) in [6.45, 7) is 0.554. The van der Waals surface area contributed by atoms with Crippen molar-refractivity contribution in [1.29, 1.82) is 0 Å². The molecule has 0 aromatic carbocycles. The number of fused-ring (bicyclic) bond motifs is 1. The standard InChI is InChI=1S/C10H12F3N5O/c1-5(10(11,12)13)19-4-7-16-8(14)6-3-15-18(2)9(6)17-7/h3,5H,4H2,1-2H3,(H2,14,16,17). The molecular weight excluding hydrogens is 263 g/mol. The summed E-state index contributed by atoms with van der Waals surface area (Å²) in [5.41, 5.74) is 6.13. The highest BCUT2D eigenvalue weighted by Gasteiger charge is 2.37. The second-order valence-corrected chi connectivity index (χ2v) is 4.03. The minimum Gasteiger partial charge on any atom is -0.383 e. The topological polar surface area (TPSA) is 78.9 Å². The normalized spacial score (nSPS) is 13.9. The lowest BCUT2D eigenvalue weighted by Gasteiger charge is -2.15. The monoisotopic (exact) mass is 275 g/mol. The maximum absolute atomic E-state index is 12.3. The van der Waals surface area contributed by atoms with Gasteiger partial charge in [-0.1, -0.05) is 0 Å². The van der Waals surface area contributed by atoms with E-state index in [0.717, 1.165) is 6.92 Å². The molecule has 0 bridgehead atoms. The van der Waals surface area contributed by atoms with Gasteiger partial charge in [0.2, 0.25) is 0 Å². The lowest BCUT2D eigenvalue weighted by atomic mass is 10.4. The summed E-state index contributed by atoms with van der Waals surface area (Å²) in [6.07, 6.45) is -4.81. The molecule has 1 atom stereocenters. The van der Waals surface area contributed by atoms with Gasteiger partial charge in [0, 0.05) is 7.05 Å². The highest BCUT2D eigenvalue weighted by Crippen LogP contribution is 2.23. The van der Waals surface area contributed by atoms with Crippen LogP contribution in [-0.2, 0) is 18.4 Å². The molecule has 0 saturated heterocycles. The van der Waals surface area contributed by atoms with Gasteiger partial charge in [-0.25, -0.2) is 9.97 Å². The molecule has 2 rings (SSSR count). The molecule has 0 aliphatic rings. The zero-order valence-electron chi connectivity index (χ0n) is 10.3. The Hall–Kier alpha value is -1.90. The Labute approximate surface area is 106 Å². The van der Waals surface area contributed by atoms with E-state index < -0.39 is 12.3 Å². The lowest BCUT2D eigenvalue weighted by molar-refractivity contribution is -0.217. The number of aryl methyl sites for hydroxylation is 1. The van der Waals surface area contributed by atoms with Crippen LogP contribution in [0.3, 0.4) is 0 Å². The van der Waals surface area contributed by atoms with Crippen LogP contribution in [0.15, 0.2) is 6.20 Å². The van der Waals surface area contributed by atoms with E-state index in [4.69, 9.17) is 5.73 Å². The van der Waals surface area contributed by atoms with E-state index in [0.29, 0.717) is 11.0 Å². The van der Waals surface area contributed by atoms with Crippen molar-refractivity contribution in [1.82, 2.24) is 19.7 Å². The van der Waals surface area contributed by atoms with Gasteiger partial charge in [0.1, 0.15) is 12.4 Å². The first-order chi connectivity index (χ1) is 8.79. The van der Waals surface area contributed by atoms with Gasteiger partial charge in [0.05, 0.1) is 11.6 Å². The van der Waals surface area contributed by atoms with Gasteiger partial charge >= 0.3 is 6.18 Å². The van der Waals surface area contributed by atoms with Crippen LogP contribution < -0.4 is 5.73 Å². The summed E-state index contributed by atoms with van der Waals surface area (Å²) in [7, 11) is 1.65. The van der Waals surface area contributed by atoms with Crippen molar-refractivity contribution in [2.24, 2.45) is 7.05 Å². The third kappa shape index (κ3) is 2.75. The third-order valence-electron chi connectivity index (χ3n) is 2.59. The van der Waals surface area contributed by atoms with Crippen LogP contribution in [0.5, 0.6) is 0 Å². The predicted molar refractivity (Wildman–Crippen MR) is 61.0 cm³/mol. The van der Waals surface area contributed by atoms with Crippen molar-refractivity contribution in [3.8, 4) is 0 Å². The van der Waals surface area contributed by atoms with Gasteiger partial charge < -0.3 is 10.5 Å². The molecule has 0 aliphatic carbocycles. The van der Waals surface area contributed by atoms with Gasteiger partial charge in [-0.05, 0) is 6.92 Å². The van der Waals surface area contributed by atoms with Crippen LogP contribution in [0, 0.1) is 0 Å². The number of halogens is 3. The predicted octanol–water partition coefficient (Wildman–Crippen LogP) is 1.41. The molecule has 0 spiro atoms. The molecule has 0 radical (unpaired) electrons. The molecule has 2 heterocycles. The summed E-state index contributed by atoms with van der Waals surface area (Å²) in [5.74, 6) is 0.251. The van der Waals surface area contributed by atoms with Crippen LogP contribution in [-0.4, -0.2) is 32.0 Å². The van der Waals surface area contributed by atoms with Crippen molar-refractivity contribution in [2.75, 3.05) is 5.73 Å². The average Bonchev–Trinajstić information content (AvgIpc) is 2.67. The molecule has 0 aliphatic heterocycles. The number of hydrogen-bond acceptors (Lipinski definition) is 5. The fraction of sp³-hybridized carbons (Fsp3) is 0.500. The zero-order chi connectivity index (χ0) is 14.2. The Morgan fingerprint density at radius 1 is 1.42 bits per heavy atom. The number of anilines is 1. The van der Waals surface area contributed by atoms with Crippen LogP contribution >= 0.6 is 0 Å². The van der Waals surface area contributed by atoms with Gasteiger partial charge in [0.15, 0.2) is 17.6 Å². The fourth-order valence-corrected chi connectivity index (χ4v) is 1.45. The van der Waals surface area contributed by atoms with E-state index in [2.05, 4.69) is 19.8 Å². The van der Waals surface area contributed by atoms with Crippen LogP contribution in [0.2, 0.25) is 0 Å². The van der Waals surface area contributed by atoms with Crippen LogP contribution in [0.1, 0.15) is 12.7 Å². The minimum atomic E-state index is -4.41. The van der Waals surface area contributed by atoms with E-state index in [9.17, 15) is 13.2 Å². The lowest BCUT2D eigenvalue weighted by Crippen LogP contribution is -2.28. The van der Waals surface area contributed by atoms with Crippen molar-refractivity contribution < 1.29 is 17.9 Å². The van der Waals surface area contributed by atoms with Crippen molar-refractivity contribution in [3.63, 3.8) is 0 Å². The van der Waals surface area contributed by atoms with E-state index in [1.807, 2.05) is 0 Å². The second kappa shape index (κ2) is 4.65. The number of alkyl halides is 3. The summed E-state index contributed by atoms with van der Waals surface area (Å²) in [4.78, 5) is 7.96. The largest absolute Gasteiger partial charge is 0.414 e. The second-order valence-electron chi connectivity index (χ2n) is 4.03. The Balaban J connectivity index is 2.20. The van der Waals surface area contributed by atoms with Gasteiger partial charge in [-0.3, -0.25) is 4.68 Å². The molecule has 0 amide bonds. The molecular formula is C10H12F3N5O. The van der Waals surface area contributed by atoms with Crippen molar-refractivity contribution >= 4 is 16.9 Å². The van der Waals surface area contributed by atoms with Crippen molar-refractivity contribution in [3.05, 3.63) is 12.0 Å². The number of nitrogens with two attached hydrogens (primary N) is 1. The number of nitrogen functional groups attached to an aromatic ring is 1. The maximum atomic E-state index is 12.3. The Bertz CT molecular complexity index is 595. The first kappa shape index (κ1) is 13.5. The molecule has 1 unspecified atom stereocenters. The number of nitrogens with zero attached hydrogens (tertiary/aromatic N) is 4. The van der Waals surface area contributed by atoms with E-state index >= 15 is 0 Å². The van der Waals surface area contributed by atoms with E-state index in [1.165, 1.54) is 10.9 Å². The zero-order valence-corrected chi connectivity index (χ0v) is 10.3. The van der Waals surface area contributed by atoms with Gasteiger partial charge in [0.25, 0.3) is 0 Å². The maximum Gasteiger partial charge on any atom is 0.414 e. The Kier molecular flexibility index (Phi) is 3.31. The van der Waals surface area contributed by atoms with E-state index in [-0.39, 0.29) is 18.2 Å². The summed E-state index contributed by atoms with van der Waals surface area (Å²) >= 11 is 0. The number of hydrogen-bond donors (Lipinski definition) is 1. The Morgan fingerprint density at radius 3 is 2.74 bits per heavy atom. The molecule has 0 fully saturated rings. The molecule has 6 nitrogen and oxygen atoms in total. The van der Waals surface area contributed by atoms with Crippen LogP contribution in [0.4, 0.5) is 19.0 Å². The molecule has 2 aromatic heterocycles. The number of aromatic nitrogens is 4. The van der Waals surface area contributed by atoms with E-state index in [1.54, 1.807) is 7.05 Å². The van der Waals surface area contributed by atoms with Crippen LogP contribution in [0.25, 0.3) is 11.0 Å². The average molecular weight is 275 g/mol. The molecule has 0 saturated carbocycles. The number of rotatable bonds is 3. The smallest absolute Gasteiger partial charge is 0.383 e. The first-order valence-electron chi connectivity index (χ1n) is 5.41. The first-order valence-corrected chi connectivity index (χ1v) is 5.41. The summed E-state index contributed by atoms with van der Waals surface area (Å²) in [5, 5.41) is 4.50. The van der Waals surface area contributed by atoms with Gasteiger partial charge in [-0.15, -0.1) is 0 Å². The number of ether oxygens (including phenoxy) is 1. The fourth-order valence-electron chi connectivity index (χ4n) is 1.45. The SMILES string of the molecule is CC(OCc1nc(N)c2cnn(C)c2n1)C(F)(F)F. The quantitative estimate of drug-likeness (QED) is 0.916. The third-order valence-corrected chi connectivity index (χ3v) is 2.59. The molecule has 104 valence electrons. The molecule has 9 heteroatoms. The minimum absolute atomic E-state index is 0.0877. The highest BCUT2D eigenvalue weighted by molar-refractivity contribution is 5.84. The Morgan fingerprint density at radius 2 is 2.11 bits per heavy atom. The molecule has 2 N–H and O–H groups in total. The highest BCUT2D eigenvalue weighted by atomic mass is 19.4. The van der Waals surface area contributed by atoms with Crippen molar-refractivity contribution in [2.45, 2.75) is 25.8 Å². The van der Waals surface area contributed by atoms with Gasteiger partial charge in [-0.2, -0.15) is 18.3 Å².